The van der Waals surface area contributed by atoms with E-state index in [0.29, 0.717) is 27.1 Å². The van der Waals surface area contributed by atoms with Crippen LogP contribution in [-0.2, 0) is 0 Å². The molecule has 1 heterocycles. The van der Waals surface area contributed by atoms with Gasteiger partial charge in [0.25, 0.3) is 5.91 Å². The Labute approximate surface area is 137 Å². The molecule has 0 spiro atoms. The van der Waals surface area contributed by atoms with Crippen molar-refractivity contribution < 1.29 is 9.59 Å². The highest BCUT2D eigenvalue weighted by molar-refractivity contribution is 7.18. The lowest BCUT2D eigenvalue weighted by atomic mass is 10.2. The van der Waals surface area contributed by atoms with Crippen molar-refractivity contribution in [2.75, 3.05) is 17.2 Å². The van der Waals surface area contributed by atoms with Crippen molar-refractivity contribution in [1.82, 2.24) is 5.32 Å². The van der Waals surface area contributed by atoms with Gasteiger partial charge in [0.1, 0.15) is 0 Å². The lowest BCUT2D eigenvalue weighted by Gasteiger charge is -2.07. The number of thiophene rings is 1. The Bertz CT molecular complexity index is 682. The Kier molecular flexibility index (Phi) is 5.57. The van der Waals surface area contributed by atoms with Crippen molar-refractivity contribution in [3.63, 3.8) is 0 Å². The number of urea groups is 1. The minimum atomic E-state index is -0.315. The van der Waals surface area contributed by atoms with Crippen LogP contribution >= 0.6 is 22.9 Å². The summed E-state index contributed by atoms with van der Waals surface area (Å²) in [6, 6.07) is 9.84. The van der Waals surface area contributed by atoms with Crippen LogP contribution in [0.3, 0.4) is 0 Å². The van der Waals surface area contributed by atoms with E-state index in [9.17, 15) is 9.59 Å². The van der Waals surface area contributed by atoms with Gasteiger partial charge in [0.2, 0.25) is 0 Å². The standard InChI is InChI=1S/C15H14ClN3O2S/c1-2-9-17-15(21)19-11-5-3-10(4-6-11)18-14(20)12-7-8-13(16)22-12/h2-8H,1,9H2,(H,18,20)(H2,17,19,21). The highest BCUT2D eigenvalue weighted by atomic mass is 35.5. The first-order chi connectivity index (χ1) is 10.6. The van der Waals surface area contributed by atoms with E-state index in [1.807, 2.05) is 0 Å². The summed E-state index contributed by atoms with van der Waals surface area (Å²) in [6.07, 6.45) is 1.59. The molecule has 114 valence electrons. The monoisotopic (exact) mass is 335 g/mol. The number of hydrogen-bond donors (Lipinski definition) is 3. The average molecular weight is 336 g/mol. The number of halogens is 1. The smallest absolute Gasteiger partial charge is 0.319 e. The van der Waals surface area contributed by atoms with Crippen LogP contribution in [0.4, 0.5) is 16.2 Å². The first kappa shape index (κ1) is 16.1. The highest BCUT2D eigenvalue weighted by Crippen LogP contribution is 2.22. The number of carbonyl (C=O) groups excluding carboxylic acids is 2. The minimum absolute atomic E-state index is 0.221. The van der Waals surface area contributed by atoms with Crippen LogP contribution < -0.4 is 16.0 Å². The molecule has 1 aromatic heterocycles. The first-order valence-corrected chi connectivity index (χ1v) is 7.60. The summed E-state index contributed by atoms with van der Waals surface area (Å²) in [6.45, 7) is 3.91. The number of nitrogens with one attached hydrogen (secondary N) is 3. The van der Waals surface area contributed by atoms with Crippen LogP contribution in [0.25, 0.3) is 0 Å². The molecule has 0 radical (unpaired) electrons. The SMILES string of the molecule is C=CCNC(=O)Nc1ccc(NC(=O)c2ccc(Cl)s2)cc1. The normalized spacial score (nSPS) is 9.86. The Balaban J connectivity index is 1.93. The van der Waals surface area contributed by atoms with Crippen LogP contribution in [0.5, 0.6) is 0 Å². The third kappa shape index (κ3) is 4.61. The Hall–Kier alpha value is -2.31. The summed E-state index contributed by atoms with van der Waals surface area (Å²) in [7, 11) is 0. The van der Waals surface area contributed by atoms with Crippen molar-refractivity contribution in [3.05, 3.63) is 58.3 Å². The Morgan fingerprint density at radius 3 is 2.27 bits per heavy atom. The van der Waals surface area contributed by atoms with Gasteiger partial charge in [-0.1, -0.05) is 17.7 Å². The number of rotatable bonds is 5. The summed E-state index contributed by atoms with van der Waals surface area (Å²) in [5, 5.41) is 8.03. The molecule has 2 rings (SSSR count). The number of benzene rings is 1. The molecule has 0 saturated carbocycles. The van der Waals surface area contributed by atoms with Gasteiger partial charge < -0.3 is 16.0 Å². The van der Waals surface area contributed by atoms with E-state index < -0.39 is 0 Å². The van der Waals surface area contributed by atoms with Gasteiger partial charge in [-0.25, -0.2) is 4.79 Å². The lowest BCUT2D eigenvalue weighted by molar-refractivity contribution is 0.103. The molecule has 0 bridgehead atoms. The van der Waals surface area contributed by atoms with Crippen LogP contribution in [0, 0.1) is 0 Å². The second-order valence-corrected chi connectivity index (χ2v) is 5.97. The molecule has 0 aliphatic rings. The summed E-state index contributed by atoms with van der Waals surface area (Å²) >= 11 is 7.01. The summed E-state index contributed by atoms with van der Waals surface area (Å²) in [4.78, 5) is 24.0. The quantitative estimate of drug-likeness (QED) is 0.724. The maximum atomic E-state index is 12.0. The second-order valence-electron chi connectivity index (χ2n) is 4.26. The summed E-state index contributed by atoms with van der Waals surface area (Å²) in [5.41, 5.74) is 1.25. The molecule has 0 fully saturated rings. The fraction of sp³-hybridized carbons (Fsp3) is 0.0667. The average Bonchev–Trinajstić information content (AvgIpc) is 2.94. The van der Waals surface area contributed by atoms with Gasteiger partial charge >= 0.3 is 6.03 Å². The molecule has 0 aliphatic heterocycles. The molecule has 0 saturated heterocycles. The van der Waals surface area contributed by atoms with Crippen molar-refractivity contribution in [2.45, 2.75) is 0 Å². The number of amides is 3. The maximum Gasteiger partial charge on any atom is 0.319 e. The van der Waals surface area contributed by atoms with Crippen LogP contribution in [0.15, 0.2) is 49.1 Å². The van der Waals surface area contributed by atoms with E-state index in [-0.39, 0.29) is 11.9 Å². The highest BCUT2D eigenvalue weighted by Gasteiger charge is 2.09. The van der Waals surface area contributed by atoms with Gasteiger partial charge in [-0.2, -0.15) is 0 Å². The molecule has 7 heteroatoms. The number of carbonyl (C=O) groups is 2. The molecule has 3 N–H and O–H groups in total. The van der Waals surface area contributed by atoms with Crippen molar-refractivity contribution in [3.8, 4) is 0 Å². The van der Waals surface area contributed by atoms with E-state index in [1.54, 1.807) is 42.5 Å². The Morgan fingerprint density at radius 2 is 1.73 bits per heavy atom. The fourth-order valence-corrected chi connectivity index (χ4v) is 2.54. The fourth-order valence-electron chi connectivity index (χ4n) is 1.61. The molecule has 22 heavy (non-hydrogen) atoms. The maximum absolute atomic E-state index is 12.0. The molecule has 0 aliphatic carbocycles. The van der Waals surface area contributed by atoms with Gasteiger partial charge in [-0.3, -0.25) is 4.79 Å². The third-order valence-corrected chi connectivity index (χ3v) is 3.83. The van der Waals surface area contributed by atoms with Gasteiger partial charge in [0, 0.05) is 17.9 Å². The lowest BCUT2D eigenvalue weighted by Crippen LogP contribution is -2.28. The third-order valence-electron chi connectivity index (χ3n) is 2.60. The van der Waals surface area contributed by atoms with E-state index >= 15 is 0 Å². The second kappa shape index (κ2) is 7.63. The summed E-state index contributed by atoms with van der Waals surface area (Å²) < 4.78 is 0.565. The van der Waals surface area contributed by atoms with Gasteiger partial charge in [-0.15, -0.1) is 17.9 Å². The molecule has 5 nitrogen and oxygen atoms in total. The molecule has 2 aromatic rings. The van der Waals surface area contributed by atoms with Crippen LogP contribution in [-0.4, -0.2) is 18.5 Å². The van der Waals surface area contributed by atoms with Crippen molar-refractivity contribution in [1.29, 1.82) is 0 Å². The van der Waals surface area contributed by atoms with Gasteiger partial charge in [-0.05, 0) is 36.4 Å². The zero-order valence-corrected chi connectivity index (χ0v) is 13.1. The number of anilines is 2. The van der Waals surface area contributed by atoms with Crippen molar-refractivity contribution in [2.24, 2.45) is 0 Å². The van der Waals surface area contributed by atoms with Gasteiger partial charge in [0.15, 0.2) is 0 Å². The molecule has 3 amide bonds. The van der Waals surface area contributed by atoms with Crippen molar-refractivity contribution >= 4 is 46.3 Å². The Morgan fingerprint density at radius 1 is 1.09 bits per heavy atom. The van der Waals surface area contributed by atoms with Crippen LogP contribution in [0.1, 0.15) is 9.67 Å². The molecule has 0 unspecified atom stereocenters. The molecule has 1 aromatic carbocycles. The van der Waals surface area contributed by atoms with E-state index in [1.165, 1.54) is 11.3 Å². The zero-order valence-electron chi connectivity index (χ0n) is 11.6. The zero-order chi connectivity index (χ0) is 15.9. The predicted molar refractivity (Wildman–Crippen MR) is 90.9 cm³/mol. The first-order valence-electron chi connectivity index (χ1n) is 6.41. The predicted octanol–water partition coefficient (Wildman–Crippen LogP) is 3.96. The minimum Gasteiger partial charge on any atom is -0.334 e. The van der Waals surface area contributed by atoms with Gasteiger partial charge in [0.05, 0.1) is 9.21 Å². The van der Waals surface area contributed by atoms with E-state index in [0.717, 1.165) is 0 Å². The van der Waals surface area contributed by atoms with E-state index in [4.69, 9.17) is 11.6 Å². The molecule has 0 atom stereocenters. The summed E-state index contributed by atoms with van der Waals surface area (Å²) in [5.74, 6) is -0.221. The molecular weight excluding hydrogens is 322 g/mol. The van der Waals surface area contributed by atoms with E-state index in [2.05, 4.69) is 22.5 Å². The largest absolute Gasteiger partial charge is 0.334 e. The van der Waals surface area contributed by atoms with Crippen LogP contribution in [0.2, 0.25) is 4.34 Å². The molecular formula is C15H14ClN3O2S. The number of hydrogen-bond acceptors (Lipinski definition) is 3. The topological polar surface area (TPSA) is 70.2 Å².